The van der Waals surface area contributed by atoms with Crippen molar-refractivity contribution in [2.45, 2.75) is 58.8 Å². The number of carboxylic acids is 1. The summed E-state index contributed by atoms with van der Waals surface area (Å²) in [5, 5.41) is 8.77. The number of nitrogens with zero attached hydrogens (tertiary/aromatic N) is 1. The molecule has 0 spiro atoms. The van der Waals surface area contributed by atoms with Gasteiger partial charge >= 0.3 is 5.97 Å². The SMILES string of the molecule is CCCC(CCC(=O)O)CCN1CCC(C)CC1. The molecule has 1 aliphatic heterocycles. The van der Waals surface area contributed by atoms with E-state index in [0.717, 1.165) is 18.9 Å². The Labute approximate surface area is 112 Å². The third-order valence-electron chi connectivity index (χ3n) is 4.19. The van der Waals surface area contributed by atoms with Gasteiger partial charge in [-0.15, -0.1) is 0 Å². The summed E-state index contributed by atoms with van der Waals surface area (Å²) in [4.78, 5) is 13.2. The van der Waals surface area contributed by atoms with Crippen molar-refractivity contribution in [3.8, 4) is 0 Å². The molecule has 1 heterocycles. The van der Waals surface area contributed by atoms with Crippen molar-refractivity contribution in [1.29, 1.82) is 0 Å². The molecule has 3 nitrogen and oxygen atoms in total. The first kappa shape index (κ1) is 15.5. The molecular formula is C15H29NO2. The Morgan fingerprint density at radius 3 is 2.50 bits per heavy atom. The topological polar surface area (TPSA) is 40.5 Å². The second kappa shape index (κ2) is 8.52. The van der Waals surface area contributed by atoms with Crippen LogP contribution in [0.2, 0.25) is 0 Å². The number of hydrogen-bond acceptors (Lipinski definition) is 2. The molecule has 0 aromatic rings. The smallest absolute Gasteiger partial charge is 0.303 e. The van der Waals surface area contributed by atoms with Crippen LogP contribution in [0.5, 0.6) is 0 Å². The summed E-state index contributed by atoms with van der Waals surface area (Å²) < 4.78 is 0. The summed E-state index contributed by atoms with van der Waals surface area (Å²) >= 11 is 0. The van der Waals surface area contributed by atoms with E-state index in [-0.39, 0.29) is 0 Å². The predicted octanol–water partition coefficient (Wildman–Crippen LogP) is 3.39. The van der Waals surface area contributed by atoms with Crippen LogP contribution in [0.1, 0.15) is 58.8 Å². The van der Waals surface area contributed by atoms with Gasteiger partial charge in [0.1, 0.15) is 0 Å². The van der Waals surface area contributed by atoms with E-state index in [9.17, 15) is 4.79 Å². The molecule has 1 atom stereocenters. The van der Waals surface area contributed by atoms with Crippen LogP contribution < -0.4 is 0 Å². The molecule has 1 fully saturated rings. The number of carboxylic acid groups (broad SMARTS) is 1. The third-order valence-corrected chi connectivity index (χ3v) is 4.19. The van der Waals surface area contributed by atoms with Crippen LogP contribution in [0, 0.1) is 11.8 Å². The molecule has 1 saturated heterocycles. The van der Waals surface area contributed by atoms with Gasteiger partial charge in [-0.1, -0.05) is 26.7 Å². The zero-order valence-corrected chi connectivity index (χ0v) is 12.0. The maximum Gasteiger partial charge on any atom is 0.303 e. The van der Waals surface area contributed by atoms with Crippen LogP contribution in [0.25, 0.3) is 0 Å². The van der Waals surface area contributed by atoms with Crippen LogP contribution >= 0.6 is 0 Å². The Morgan fingerprint density at radius 1 is 1.28 bits per heavy atom. The van der Waals surface area contributed by atoms with Crippen molar-refractivity contribution in [2.75, 3.05) is 19.6 Å². The van der Waals surface area contributed by atoms with Crippen molar-refractivity contribution in [3.63, 3.8) is 0 Å². The monoisotopic (exact) mass is 255 g/mol. The van der Waals surface area contributed by atoms with Gasteiger partial charge in [-0.2, -0.15) is 0 Å². The fourth-order valence-corrected chi connectivity index (χ4v) is 2.82. The highest BCUT2D eigenvalue weighted by Crippen LogP contribution is 2.21. The van der Waals surface area contributed by atoms with Crippen LogP contribution in [-0.4, -0.2) is 35.6 Å². The van der Waals surface area contributed by atoms with E-state index in [1.165, 1.54) is 45.2 Å². The Hall–Kier alpha value is -0.570. The Kier molecular flexibility index (Phi) is 7.33. The van der Waals surface area contributed by atoms with Crippen LogP contribution in [-0.2, 0) is 4.79 Å². The molecule has 1 rings (SSSR count). The highest BCUT2D eigenvalue weighted by Gasteiger charge is 2.17. The first-order valence-corrected chi connectivity index (χ1v) is 7.56. The van der Waals surface area contributed by atoms with E-state index >= 15 is 0 Å². The zero-order valence-electron chi connectivity index (χ0n) is 12.0. The first-order valence-electron chi connectivity index (χ1n) is 7.56. The molecule has 0 bridgehead atoms. The van der Waals surface area contributed by atoms with E-state index < -0.39 is 5.97 Å². The lowest BCUT2D eigenvalue weighted by molar-refractivity contribution is -0.137. The summed E-state index contributed by atoms with van der Waals surface area (Å²) in [6.07, 6.45) is 7.37. The molecule has 0 aliphatic carbocycles. The summed E-state index contributed by atoms with van der Waals surface area (Å²) in [6, 6.07) is 0. The van der Waals surface area contributed by atoms with Crippen molar-refractivity contribution >= 4 is 5.97 Å². The van der Waals surface area contributed by atoms with E-state index in [1.54, 1.807) is 0 Å². The lowest BCUT2D eigenvalue weighted by atomic mass is 9.93. The van der Waals surface area contributed by atoms with Gasteiger partial charge in [0, 0.05) is 6.42 Å². The first-order chi connectivity index (χ1) is 8.61. The minimum Gasteiger partial charge on any atom is -0.481 e. The molecule has 1 N–H and O–H groups in total. The Bertz CT molecular complexity index is 235. The second-order valence-corrected chi connectivity index (χ2v) is 5.90. The zero-order chi connectivity index (χ0) is 13.4. The van der Waals surface area contributed by atoms with Crippen LogP contribution in [0.4, 0.5) is 0 Å². The molecule has 0 aromatic heterocycles. The molecule has 0 aromatic carbocycles. The standard InChI is InChI=1S/C15H29NO2/c1-3-4-14(5-6-15(17)18)9-12-16-10-7-13(2)8-11-16/h13-14H,3-12H2,1-2H3,(H,17,18). The van der Waals surface area contributed by atoms with Gasteiger partial charge in [0.25, 0.3) is 0 Å². The lowest BCUT2D eigenvalue weighted by Gasteiger charge is -2.31. The summed E-state index contributed by atoms with van der Waals surface area (Å²) in [5.74, 6) is 0.841. The average Bonchev–Trinajstić information content (AvgIpc) is 2.34. The quantitative estimate of drug-likeness (QED) is 0.722. The lowest BCUT2D eigenvalue weighted by Crippen LogP contribution is -2.34. The van der Waals surface area contributed by atoms with E-state index in [4.69, 9.17) is 5.11 Å². The minimum atomic E-state index is -0.650. The van der Waals surface area contributed by atoms with Gasteiger partial charge in [-0.05, 0) is 57.2 Å². The van der Waals surface area contributed by atoms with Crippen LogP contribution in [0.15, 0.2) is 0 Å². The molecular weight excluding hydrogens is 226 g/mol. The number of aliphatic carboxylic acids is 1. The predicted molar refractivity (Wildman–Crippen MR) is 74.7 cm³/mol. The van der Waals surface area contributed by atoms with Gasteiger partial charge in [0.2, 0.25) is 0 Å². The highest BCUT2D eigenvalue weighted by molar-refractivity contribution is 5.66. The van der Waals surface area contributed by atoms with Crippen molar-refractivity contribution < 1.29 is 9.90 Å². The number of rotatable bonds is 8. The van der Waals surface area contributed by atoms with E-state index in [2.05, 4.69) is 18.7 Å². The summed E-state index contributed by atoms with van der Waals surface area (Å²) in [6.45, 7) is 8.16. The fraction of sp³-hybridized carbons (Fsp3) is 0.933. The molecule has 106 valence electrons. The normalized spacial score (nSPS) is 19.9. The maximum atomic E-state index is 10.6. The minimum absolute atomic E-state index is 0.335. The number of carbonyl (C=O) groups is 1. The molecule has 1 aliphatic rings. The van der Waals surface area contributed by atoms with Gasteiger partial charge < -0.3 is 10.0 Å². The molecule has 1 unspecified atom stereocenters. The number of hydrogen-bond donors (Lipinski definition) is 1. The van der Waals surface area contributed by atoms with E-state index in [1.807, 2.05) is 0 Å². The van der Waals surface area contributed by atoms with Gasteiger partial charge in [-0.25, -0.2) is 0 Å². The Balaban J connectivity index is 2.21. The highest BCUT2D eigenvalue weighted by atomic mass is 16.4. The summed E-state index contributed by atoms with van der Waals surface area (Å²) in [7, 11) is 0. The fourth-order valence-electron chi connectivity index (χ4n) is 2.82. The van der Waals surface area contributed by atoms with Crippen molar-refractivity contribution in [1.82, 2.24) is 4.90 Å². The largest absolute Gasteiger partial charge is 0.481 e. The average molecular weight is 255 g/mol. The molecule has 0 amide bonds. The van der Waals surface area contributed by atoms with E-state index in [0.29, 0.717) is 12.3 Å². The Morgan fingerprint density at radius 2 is 1.94 bits per heavy atom. The summed E-state index contributed by atoms with van der Waals surface area (Å²) in [5.41, 5.74) is 0. The second-order valence-electron chi connectivity index (χ2n) is 5.90. The van der Waals surface area contributed by atoms with Gasteiger partial charge in [0.05, 0.1) is 0 Å². The van der Waals surface area contributed by atoms with Gasteiger partial charge in [-0.3, -0.25) is 4.79 Å². The van der Waals surface area contributed by atoms with Crippen molar-refractivity contribution in [2.24, 2.45) is 11.8 Å². The third kappa shape index (κ3) is 6.39. The van der Waals surface area contributed by atoms with Gasteiger partial charge in [0.15, 0.2) is 0 Å². The van der Waals surface area contributed by atoms with Crippen molar-refractivity contribution in [3.05, 3.63) is 0 Å². The molecule has 18 heavy (non-hydrogen) atoms. The molecule has 0 radical (unpaired) electrons. The maximum absolute atomic E-state index is 10.6. The molecule has 3 heteroatoms. The number of likely N-dealkylation sites (tertiary alicyclic amines) is 1. The molecule has 0 saturated carbocycles. The number of piperidine rings is 1. The van der Waals surface area contributed by atoms with Crippen LogP contribution in [0.3, 0.4) is 0 Å².